The molecule has 0 N–H and O–H groups in total. The minimum atomic E-state index is 0.482. The topological polar surface area (TPSA) is 21.6 Å². The molecule has 0 aromatic carbocycles. The quantitative estimate of drug-likeness (QED) is 0.553. The van der Waals surface area contributed by atoms with Gasteiger partial charge in [0.25, 0.3) is 0 Å². The highest BCUT2D eigenvalue weighted by Crippen LogP contribution is 2.31. The number of hydrogen-bond acceptors (Lipinski definition) is 2. The molecule has 2 rings (SSSR count). The summed E-state index contributed by atoms with van der Waals surface area (Å²) < 4.78 is 5.25. The van der Waals surface area contributed by atoms with Gasteiger partial charge in [0, 0.05) is 12.3 Å². The van der Waals surface area contributed by atoms with Crippen LogP contribution in [0.3, 0.4) is 0 Å². The zero-order valence-corrected chi connectivity index (χ0v) is 7.05. The second-order valence-corrected chi connectivity index (χ2v) is 3.56. The van der Waals surface area contributed by atoms with E-state index in [0.717, 1.165) is 25.6 Å². The maximum atomic E-state index is 5.25. The van der Waals surface area contributed by atoms with Crippen LogP contribution < -0.4 is 0 Å². The van der Waals surface area contributed by atoms with Crippen molar-refractivity contribution in [1.82, 2.24) is 0 Å². The third-order valence-electron chi connectivity index (χ3n) is 2.46. The van der Waals surface area contributed by atoms with Crippen LogP contribution in [0.15, 0.2) is 4.99 Å². The number of rotatable bonds is 2. The van der Waals surface area contributed by atoms with Crippen LogP contribution in [-0.2, 0) is 4.74 Å². The predicted octanol–water partition coefficient (Wildman–Crippen LogP) is 1.65. The summed E-state index contributed by atoms with van der Waals surface area (Å²) >= 11 is 0. The molecule has 1 saturated heterocycles. The lowest BCUT2D eigenvalue weighted by Crippen LogP contribution is -2.07. The summed E-state index contributed by atoms with van der Waals surface area (Å²) in [5.41, 5.74) is 1.36. The zero-order valence-electron chi connectivity index (χ0n) is 7.05. The van der Waals surface area contributed by atoms with Crippen LogP contribution in [0.25, 0.3) is 0 Å². The van der Waals surface area contributed by atoms with Crippen molar-refractivity contribution in [1.29, 1.82) is 0 Å². The standard InChI is InChI=1S/C9H15NO/c1-7(8-2-3-8)10-9-4-5-11-6-9/h8-9H,2-6H2,1H3. The number of aliphatic imine (C=N–C) groups is 1. The molecule has 62 valence electrons. The van der Waals surface area contributed by atoms with E-state index >= 15 is 0 Å². The third kappa shape index (κ3) is 1.80. The molecule has 1 aliphatic carbocycles. The fourth-order valence-electron chi connectivity index (χ4n) is 1.52. The van der Waals surface area contributed by atoms with Crippen LogP contribution in [0, 0.1) is 5.92 Å². The summed E-state index contributed by atoms with van der Waals surface area (Å²) in [7, 11) is 0. The SMILES string of the molecule is CC(=NC1CCOC1)C1CC1. The molecule has 1 aliphatic heterocycles. The fraction of sp³-hybridized carbons (Fsp3) is 0.889. The van der Waals surface area contributed by atoms with Crippen LogP contribution in [0.1, 0.15) is 26.2 Å². The molecule has 0 amide bonds. The second-order valence-electron chi connectivity index (χ2n) is 3.56. The van der Waals surface area contributed by atoms with E-state index in [-0.39, 0.29) is 0 Å². The van der Waals surface area contributed by atoms with Crippen LogP contribution in [-0.4, -0.2) is 25.0 Å². The van der Waals surface area contributed by atoms with Gasteiger partial charge in [-0.15, -0.1) is 0 Å². The molecule has 2 nitrogen and oxygen atoms in total. The zero-order chi connectivity index (χ0) is 7.68. The Morgan fingerprint density at radius 3 is 2.73 bits per heavy atom. The summed E-state index contributed by atoms with van der Waals surface area (Å²) in [4.78, 5) is 4.63. The van der Waals surface area contributed by atoms with Gasteiger partial charge in [-0.1, -0.05) is 0 Å². The molecule has 0 bridgehead atoms. The van der Waals surface area contributed by atoms with E-state index in [4.69, 9.17) is 4.74 Å². The molecule has 1 heterocycles. The highest BCUT2D eigenvalue weighted by atomic mass is 16.5. The van der Waals surface area contributed by atoms with Gasteiger partial charge in [-0.05, 0) is 32.1 Å². The van der Waals surface area contributed by atoms with Crippen molar-refractivity contribution >= 4 is 5.71 Å². The Bertz CT molecular complexity index is 166. The van der Waals surface area contributed by atoms with Gasteiger partial charge in [0.1, 0.15) is 0 Å². The Morgan fingerprint density at radius 2 is 2.18 bits per heavy atom. The van der Waals surface area contributed by atoms with Gasteiger partial charge in [-0.2, -0.15) is 0 Å². The van der Waals surface area contributed by atoms with Crippen molar-refractivity contribution in [3.63, 3.8) is 0 Å². The lowest BCUT2D eigenvalue weighted by atomic mass is 10.2. The Kier molecular flexibility index (Phi) is 1.95. The van der Waals surface area contributed by atoms with Gasteiger partial charge in [0.15, 0.2) is 0 Å². The van der Waals surface area contributed by atoms with Gasteiger partial charge in [-0.25, -0.2) is 0 Å². The van der Waals surface area contributed by atoms with E-state index in [2.05, 4.69) is 11.9 Å². The maximum Gasteiger partial charge on any atom is 0.0754 e. The number of hydrogen-bond donors (Lipinski definition) is 0. The molecule has 1 saturated carbocycles. The van der Waals surface area contributed by atoms with Crippen molar-refractivity contribution in [3.8, 4) is 0 Å². The molecule has 1 atom stereocenters. The molecule has 11 heavy (non-hydrogen) atoms. The fourth-order valence-corrected chi connectivity index (χ4v) is 1.52. The van der Waals surface area contributed by atoms with Crippen LogP contribution >= 0.6 is 0 Å². The Labute approximate surface area is 67.7 Å². The Hall–Kier alpha value is -0.370. The first-order valence-electron chi connectivity index (χ1n) is 4.48. The van der Waals surface area contributed by atoms with E-state index in [9.17, 15) is 0 Å². The van der Waals surface area contributed by atoms with Gasteiger partial charge in [-0.3, -0.25) is 4.99 Å². The van der Waals surface area contributed by atoms with E-state index < -0.39 is 0 Å². The predicted molar refractivity (Wildman–Crippen MR) is 45.1 cm³/mol. The summed E-state index contributed by atoms with van der Waals surface area (Å²) in [5.74, 6) is 0.829. The summed E-state index contributed by atoms with van der Waals surface area (Å²) in [6.45, 7) is 3.92. The smallest absolute Gasteiger partial charge is 0.0754 e. The van der Waals surface area contributed by atoms with Crippen molar-refractivity contribution in [2.45, 2.75) is 32.2 Å². The lowest BCUT2D eigenvalue weighted by molar-refractivity contribution is 0.194. The van der Waals surface area contributed by atoms with E-state index in [1.165, 1.54) is 18.6 Å². The first-order chi connectivity index (χ1) is 5.36. The van der Waals surface area contributed by atoms with Crippen LogP contribution in [0.5, 0.6) is 0 Å². The van der Waals surface area contributed by atoms with Crippen molar-refractivity contribution in [3.05, 3.63) is 0 Å². The van der Waals surface area contributed by atoms with Crippen molar-refractivity contribution in [2.24, 2.45) is 10.9 Å². The van der Waals surface area contributed by atoms with Gasteiger partial charge in [0.05, 0.1) is 12.6 Å². The lowest BCUT2D eigenvalue weighted by Gasteiger charge is -2.02. The number of ether oxygens (including phenoxy) is 1. The highest BCUT2D eigenvalue weighted by molar-refractivity contribution is 5.86. The molecule has 2 heteroatoms. The second kappa shape index (κ2) is 2.94. The Morgan fingerprint density at radius 1 is 1.36 bits per heavy atom. The maximum absolute atomic E-state index is 5.25. The summed E-state index contributed by atoms with van der Waals surface area (Å²) in [6.07, 6.45) is 3.86. The summed E-state index contributed by atoms with van der Waals surface area (Å²) in [6, 6.07) is 0.482. The van der Waals surface area contributed by atoms with E-state index in [1.807, 2.05) is 0 Å². The monoisotopic (exact) mass is 153 g/mol. The van der Waals surface area contributed by atoms with Gasteiger partial charge in [0.2, 0.25) is 0 Å². The first-order valence-corrected chi connectivity index (χ1v) is 4.48. The van der Waals surface area contributed by atoms with Crippen LogP contribution in [0.2, 0.25) is 0 Å². The van der Waals surface area contributed by atoms with Crippen LogP contribution in [0.4, 0.5) is 0 Å². The minimum absolute atomic E-state index is 0.482. The molecule has 0 spiro atoms. The average molecular weight is 153 g/mol. The van der Waals surface area contributed by atoms with E-state index in [0.29, 0.717) is 6.04 Å². The van der Waals surface area contributed by atoms with E-state index in [1.54, 1.807) is 0 Å². The molecule has 0 aromatic rings. The summed E-state index contributed by atoms with van der Waals surface area (Å²) in [5, 5.41) is 0. The minimum Gasteiger partial charge on any atom is -0.379 e. The number of nitrogens with zero attached hydrogens (tertiary/aromatic N) is 1. The van der Waals surface area contributed by atoms with Crippen molar-refractivity contribution < 1.29 is 4.74 Å². The third-order valence-corrected chi connectivity index (χ3v) is 2.46. The van der Waals surface area contributed by atoms with Gasteiger partial charge < -0.3 is 4.74 Å². The molecule has 0 radical (unpaired) electrons. The largest absolute Gasteiger partial charge is 0.379 e. The normalized spacial score (nSPS) is 32.8. The first kappa shape index (κ1) is 7.29. The van der Waals surface area contributed by atoms with Gasteiger partial charge >= 0.3 is 0 Å². The molecule has 2 aliphatic rings. The Balaban J connectivity index is 1.89. The average Bonchev–Trinajstić information content (AvgIpc) is 2.73. The molecule has 0 aromatic heterocycles. The molecular weight excluding hydrogens is 138 g/mol. The van der Waals surface area contributed by atoms with Crippen molar-refractivity contribution in [2.75, 3.05) is 13.2 Å². The highest BCUT2D eigenvalue weighted by Gasteiger charge is 2.25. The molecule has 1 unspecified atom stereocenters. The molecule has 2 fully saturated rings. The molecular formula is C9H15NO.